The van der Waals surface area contributed by atoms with Gasteiger partial charge < -0.3 is 4.48 Å². The Morgan fingerprint density at radius 1 is 0.472 bits per heavy atom. The van der Waals surface area contributed by atoms with E-state index < -0.39 is 0 Å². The lowest BCUT2D eigenvalue weighted by Crippen LogP contribution is -2.46. The van der Waals surface area contributed by atoms with Crippen molar-refractivity contribution < 1.29 is 4.48 Å². The fourth-order valence-corrected chi connectivity index (χ4v) is 5.32. The molecule has 0 aliphatic heterocycles. The Balaban J connectivity index is 1.61. The molecule has 3 aromatic carbocycles. The van der Waals surface area contributed by atoms with Crippen LogP contribution in [0.1, 0.15) is 87.8 Å². The molecule has 1 nitrogen and oxygen atoms in total. The van der Waals surface area contributed by atoms with Gasteiger partial charge in [0.25, 0.3) is 0 Å². The summed E-state index contributed by atoms with van der Waals surface area (Å²) in [6.07, 6.45) is 18.2. The van der Waals surface area contributed by atoms with Crippen LogP contribution in [0.4, 0.5) is 0 Å². The third-order valence-electron chi connectivity index (χ3n) is 7.23. The Morgan fingerprint density at radius 2 is 0.861 bits per heavy atom. The van der Waals surface area contributed by atoms with Crippen LogP contribution in [-0.4, -0.2) is 11.0 Å². The Bertz CT molecular complexity index is 844. The fraction of sp³-hybridized carbons (Fsp3) is 0.429. The first-order valence-electron chi connectivity index (χ1n) is 14.4. The molecule has 0 amide bonds. The van der Waals surface area contributed by atoms with Crippen LogP contribution in [0, 0.1) is 0 Å². The molecule has 0 N–H and O–H groups in total. The minimum absolute atomic E-state index is 1.06. The first-order chi connectivity index (χ1) is 17.8. The molecule has 192 valence electrons. The molecular formula is C35H48N+. The lowest BCUT2D eigenvalue weighted by Gasteiger charge is -2.39. The van der Waals surface area contributed by atoms with E-state index in [4.69, 9.17) is 0 Å². The molecule has 0 fully saturated rings. The largest absolute Gasteiger partial charge is 0.312 e. The zero-order chi connectivity index (χ0) is 25.2. The molecule has 0 heterocycles. The summed E-state index contributed by atoms with van der Waals surface area (Å²) in [5.41, 5.74) is 4.29. The Hall–Kier alpha value is -2.64. The zero-order valence-corrected chi connectivity index (χ0v) is 22.7. The molecular weight excluding hydrogens is 434 g/mol. The highest BCUT2D eigenvalue weighted by molar-refractivity contribution is 5.17. The van der Waals surface area contributed by atoms with Gasteiger partial charge in [-0.3, -0.25) is 0 Å². The van der Waals surface area contributed by atoms with Crippen molar-refractivity contribution in [2.24, 2.45) is 0 Å². The van der Waals surface area contributed by atoms with Gasteiger partial charge in [0.05, 0.1) is 6.54 Å². The van der Waals surface area contributed by atoms with Gasteiger partial charge in [-0.1, -0.05) is 149 Å². The third-order valence-corrected chi connectivity index (χ3v) is 7.23. The second-order valence-electron chi connectivity index (χ2n) is 10.5. The first-order valence-corrected chi connectivity index (χ1v) is 14.4. The molecule has 0 spiro atoms. The number of rotatable bonds is 18. The number of nitrogens with zero attached hydrogens (tertiary/aromatic N) is 1. The summed E-state index contributed by atoms with van der Waals surface area (Å²) in [6, 6.07) is 33.3. The highest BCUT2D eigenvalue weighted by Crippen LogP contribution is 2.25. The molecule has 3 rings (SSSR count). The maximum absolute atomic E-state index is 2.44. The molecule has 0 aromatic heterocycles. The molecule has 36 heavy (non-hydrogen) atoms. The van der Waals surface area contributed by atoms with Gasteiger partial charge in [-0.25, -0.2) is 0 Å². The first kappa shape index (κ1) is 27.9. The molecule has 0 aliphatic carbocycles. The topological polar surface area (TPSA) is 0 Å². The molecule has 0 radical (unpaired) electrons. The number of hydrogen-bond donors (Lipinski definition) is 0. The summed E-state index contributed by atoms with van der Waals surface area (Å²) < 4.78 is 1.06. The lowest BCUT2D eigenvalue weighted by molar-refractivity contribution is -0.966. The van der Waals surface area contributed by atoms with E-state index in [-0.39, 0.29) is 0 Å². The van der Waals surface area contributed by atoms with Crippen molar-refractivity contribution >= 4 is 0 Å². The number of benzene rings is 3. The third kappa shape index (κ3) is 11.0. The van der Waals surface area contributed by atoms with Gasteiger partial charge in [0.2, 0.25) is 0 Å². The van der Waals surface area contributed by atoms with Crippen LogP contribution in [0.15, 0.2) is 103 Å². The van der Waals surface area contributed by atoms with E-state index in [1.54, 1.807) is 0 Å². The van der Waals surface area contributed by atoms with E-state index in [2.05, 4.69) is 110 Å². The van der Waals surface area contributed by atoms with Gasteiger partial charge in [0.1, 0.15) is 19.6 Å². The highest BCUT2D eigenvalue weighted by Gasteiger charge is 2.28. The summed E-state index contributed by atoms with van der Waals surface area (Å²) in [4.78, 5) is 0. The predicted octanol–water partition coefficient (Wildman–Crippen LogP) is 9.88. The quantitative estimate of drug-likeness (QED) is 0.0961. The van der Waals surface area contributed by atoms with Gasteiger partial charge >= 0.3 is 0 Å². The van der Waals surface area contributed by atoms with Gasteiger partial charge in [-0.15, -0.1) is 0 Å². The van der Waals surface area contributed by atoms with Crippen LogP contribution in [0.5, 0.6) is 0 Å². The van der Waals surface area contributed by atoms with Gasteiger partial charge in [-0.05, 0) is 19.3 Å². The molecule has 0 saturated carbocycles. The average Bonchev–Trinajstić information content (AvgIpc) is 2.91. The van der Waals surface area contributed by atoms with E-state index in [1.165, 1.54) is 87.4 Å². The van der Waals surface area contributed by atoms with Crippen molar-refractivity contribution in [3.05, 3.63) is 120 Å². The van der Waals surface area contributed by atoms with Crippen LogP contribution in [-0.2, 0) is 19.6 Å². The summed E-state index contributed by atoms with van der Waals surface area (Å²) in [7, 11) is 0. The van der Waals surface area contributed by atoms with Crippen LogP contribution in [0.2, 0.25) is 0 Å². The van der Waals surface area contributed by atoms with Crippen molar-refractivity contribution in [2.45, 2.75) is 90.8 Å². The van der Waals surface area contributed by atoms with Gasteiger partial charge in [0.15, 0.2) is 0 Å². The summed E-state index contributed by atoms with van der Waals surface area (Å²) in [5, 5.41) is 0. The monoisotopic (exact) mass is 482 g/mol. The summed E-state index contributed by atoms with van der Waals surface area (Å²) >= 11 is 0. The molecule has 0 unspecified atom stereocenters. The molecule has 3 aromatic rings. The minimum atomic E-state index is 1.06. The number of allylic oxidation sites excluding steroid dienone is 2. The summed E-state index contributed by atoms with van der Waals surface area (Å²) in [5.74, 6) is 0. The van der Waals surface area contributed by atoms with Crippen molar-refractivity contribution in [3.8, 4) is 0 Å². The SMILES string of the molecule is CCCCCCCCC/C=C/CCC[N+](Cc1ccccc1)(Cc1ccccc1)Cc1ccccc1. The normalized spacial score (nSPS) is 11.8. The molecule has 0 atom stereocenters. The van der Waals surface area contributed by atoms with Crippen molar-refractivity contribution in [2.75, 3.05) is 6.54 Å². The van der Waals surface area contributed by atoms with Crippen molar-refractivity contribution in [3.63, 3.8) is 0 Å². The van der Waals surface area contributed by atoms with E-state index in [0.717, 1.165) is 24.1 Å². The Morgan fingerprint density at radius 3 is 1.31 bits per heavy atom. The average molecular weight is 483 g/mol. The maximum Gasteiger partial charge on any atom is 0.105 e. The van der Waals surface area contributed by atoms with Crippen LogP contribution in [0.3, 0.4) is 0 Å². The van der Waals surface area contributed by atoms with Crippen LogP contribution < -0.4 is 0 Å². The second-order valence-corrected chi connectivity index (χ2v) is 10.5. The minimum Gasteiger partial charge on any atom is -0.312 e. The molecule has 0 aliphatic rings. The molecule has 1 heteroatoms. The van der Waals surface area contributed by atoms with E-state index >= 15 is 0 Å². The number of hydrogen-bond acceptors (Lipinski definition) is 0. The standard InChI is InChI=1S/C35H48N/c1-2-3-4-5-6-7-8-9-10-11-12-22-29-36(30-33-23-16-13-17-24-33,31-34-25-18-14-19-26-34)32-35-27-20-15-21-28-35/h10-11,13-21,23-28H,2-9,12,22,29-32H2,1H3/q+1/b11-10+. The highest BCUT2D eigenvalue weighted by atomic mass is 15.3. The Kier molecular flexibility index (Phi) is 13.1. The summed E-state index contributed by atoms with van der Waals surface area (Å²) in [6.45, 7) is 6.66. The van der Waals surface area contributed by atoms with Crippen molar-refractivity contribution in [1.82, 2.24) is 0 Å². The van der Waals surface area contributed by atoms with E-state index in [0.29, 0.717) is 0 Å². The van der Waals surface area contributed by atoms with Crippen LogP contribution in [0.25, 0.3) is 0 Å². The Labute approximate surface area is 221 Å². The number of unbranched alkanes of at least 4 members (excludes halogenated alkanes) is 8. The maximum atomic E-state index is 2.44. The van der Waals surface area contributed by atoms with Gasteiger partial charge in [0, 0.05) is 23.1 Å². The second kappa shape index (κ2) is 16.9. The molecule has 0 bridgehead atoms. The zero-order valence-electron chi connectivity index (χ0n) is 22.7. The lowest BCUT2D eigenvalue weighted by atomic mass is 10.1. The van der Waals surface area contributed by atoms with Crippen molar-refractivity contribution in [1.29, 1.82) is 0 Å². The van der Waals surface area contributed by atoms with Gasteiger partial charge in [-0.2, -0.15) is 0 Å². The van der Waals surface area contributed by atoms with E-state index in [1.807, 2.05) is 0 Å². The smallest absolute Gasteiger partial charge is 0.105 e. The predicted molar refractivity (Wildman–Crippen MR) is 157 cm³/mol. The molecule has 0 saturated heterocycles. The number of quaternary nitrogens is 1. The van der Waals surface area contributed by atoms with E-state index in [9.17, 15) is 0 Å². The fourth-order valence-electron chi connectivity index (χ4n) is 5.32. The van der Waals surface area contributed by atoms with Crippen LogP contribution >= 0.6 is 0 Å².